The van der Waals surface area contributed by atoms with Crippen molar-refractivity contribution in [1.29, 1.82) is 0 Å². The molecule has 3 aromatic rings. The molecular formula is C32H37NO10S. The maximum absolute atomic E-state index is 13.7. The number of carbonyl (C=O) groups excluding carboxylic acids is 2. The number of amides is 1. The van der Waals surface area contributed by atoms with E-state index in [1.807, 2.05) is 0 Å². The molecule has 0 radical (unpaired) electrons. The van der Waals surface area contributed by atoms with Gasteiger partial charge in [-0.15, -0.1) is 0 Å². The molecule has 0 saturated carbocycles. The molecule has 236 valence electrons. The summed E-state index contributed by atoms with van der Waals surface area (Å²) in [6, 6.07) is 6.44. The Morgan fingerprint density at radius 3 is 1.91 bits per heavy atom. The molecule has 0 saturated heterocycles. The number of hydrogen-bond acceptors (Lipinski definition) is 9. The van der Waals surface area contributed by atoms with Crippen LogP contribution in [0.3, 0.4) is 0 Å². The first-order chi connectivity index (χ1) is 20.7. The summed E-state index contributed by atoms with van der Waals surface area (Å²) in [5, 5.41) is 9.72. The van der Waals surface area contributed by atoms with E-state index in [0.29, 0.717) is 45.6 Å². The molecule has 3 N–H and O–H groups in total. The van der Waals surface area contributed by atoms with Gasteiger partial charge in [-0.2, -0.15) is 0 Å². The topological polar surface area (TPSA) is 152 Å². The van der Waals surface area contributed by atoms with Crippen LogP contribution in [-0.2, 0) is 0 Å². The average molecular weight is 628 g/mol. The van der Waals surface area contributed by atoms with E-state index in [9.17, 15) is 28.6 Å². The Kier molecular flexibility index (Phi) is 9.19. The molecular weight excluding hydrogens is 590 g/mol. The van der Waals surface area contributed by atoms with Crippen LogP contribution in [-0.4, -0.2) is 63.7 Å². The lowest BCUT2D eigenvalue weighted by Gasteiger charge is -2.36. The van der Waals surface area contributed by atoms with Crippen molar-refractivity contribution in [2.24, 2.45) is 0 Å². The highest BCUT2D eigenvalue weighted by Gasteiger charge is 2.40. The molecule has 0 bridgehead atoms. The summed E-state index contributed by atoms with van der Waals surface area (Å²) in [6.45, 7) is 10.5. The van der Waals surface area contributed by atoms with Gasteiger partial charge in [0.2, 0.25) is 0 Å². The summed E-state index contributed by atoms with van der Waals surface area (Å²) in [7, 11) is -0.619. The Labute approximate surface area is 257 Å². The standard InChI is InChI=1S/C32H37NO10S/c1-16-19(4)27(21(6)28(40-7)24(16)31(35)36)43-32(37)25-17(2)18(3)26(20(5)29(25)41-8)42-15-11-14-33-30(34)22-12-9-10-13-23(22)44(33,38)39/h9-10,12-13,38-39H,11,14-15H2,1-8H3,(H,35,36). The van der Waals surface area contributed by atoms with Gasteiger partial charge in [-0.25, -0.2) is 13.9 Å². The van der Waals surface area contributed by atoms with Gasteiger partial charge < -0.3 is 24.1 Å². The summed E-state index contributed by atoms with van der Waals surface area (Å²) in [5.41, 5.74) is 3.57. The van der Waals surface area contributed by atoms with Crippen LogP contribution < -0.4 is 18.9 Å². The zero-order chi connectivity index (χ0) is 32.7. The molecule has 12 heteroatoms. The Bertz CT molecular complexity index is 1680. The second kappa shape index (κ2) is 12.4. The van der Waals surface area contributed by atoms with E-state index in [4.69, 9.17) is 18.9 Å². The number of esters is 1. The third kappa shape index (κ3) is 5.33. The molecule has 0 fully saturated rings. The van der Waals surface area contributed by atoms with Gasteiger partial charge in [-0.3, -0.25) is 13.9 Å². The fourth-order valence-electron chi connectivity index (χ4n) is 5.59. The van der Waals surface area contributed by atoms with Crippen molar-refractivity contribution in [2.45, 2.75) is 52.9 Å². The number of nitrogens with zero attached hydrogens (tertiary/aromatic N) is 1. The Morgan fingerprint density at radius 2 is 1.32 bits per heavy atom. The van der Waals surface area contributed by atoms with Crippen molar-refractivity contribution in [3.05, 3.63) is 74.3 Å². The maximum Gasteiger partial charge on any atom is 0.347 e. The van der Waals surface area contributed by atoms with Crippen LogP contribution >= 0.6 is 10.8 Å². The molecule has 3 aromatic carbocycles. The van der Waals surface area contributed by atoms with Gasteiger partial charge in [0.1, 0.15) is 34.1 Å². The fraction of sp³-hybridized carbons (Fsp3) is 0.344. The number of methoxy groups -OCH3 is 2. The molecule has 0 spiro atoms. The number of ether oxygens (including phenoxy) is 4. The van der Waals surface area contributed by atoms with Crippen molar-refractivity contribution in [3.63, 3.8) is 0 Å². The van der Waals surface area contributed by atoms with Gasteiger partial charge in [0.25, 0.3) is 5.91 Å². The van der Waals surface area contributed by atoms with E-state index in [0.717, 1.165) is 4.31 Å². The van der Waals surface area contributed by atoms with Crippen molar-refractivity contribution >= 4 is 28.6 Å². The summed E-state index contributed by atoms with van der Waals surface area (Å²) in [5.74, 6) is -1.20. The molecule has 1 aliphatic heterocycles. The summed E-state index contributed by atoms with van der Waals surface area (Å²) in [4.78, 5) is 38.6. The quantitative estimate of drug-likeness (QED) is 0.130. The number of benzene rings is 3. The number of hydrogen-bond donors (Lipinski definition) is 3. The van der Waals surface area contributed by atoms with Gasteiger partial charge >= 0.3 is 11.9 Å². The molecule has 11 nitrogen and oxygen atoms in total. The maximum atomic E-state index is 13.7. The van der Waals surface area contributed by atoms with Crippen LogP contribution in [0.1, 0.15) is 70.9 Å². The third-order valence-electron chi connectivity index (χ3n) is 8.09. The van der Waals surface area contributed by atoms with Gasteiger partial charge in [0, 0.05) is 24.1 Å². The van der Waals surface area contributed by atoms with Crippen molar-refractivity contribution in [2.75, 3.05) is 27.4 Å². The predicted molar refractivity (Wildman–Crippen MR) is 165 cm³/mol. The number of carbonyl (C=O) groups is 3. The minimum atomic E-state index is -3.42. The summed E-state index contributed by atoms with van der Waals surface area (Å²) >= 11 is 0. The molecule has 1 amide bonds. The number of rotatable bonds is 10. The first-order valence-corrected chi connectivity index (χ1v) is 15.3. The SMILES string of the molecule is COc1c(C)c(OC(=O)c2c(C)c(C)c(OCCCN3C(=O)c4ccccc4S3(O)O)c(C)c2OC)c(C)c(C)c1C(=O)O. The van der Waals surface area contributed by atoms with Crippen LogP contribution in [0.15, 0.2) is 29.2 Å². The molecule has 0 aliphatic carbocycles. The number of carboxylic acids is 1. The first kappa shape index (κ1) is 32.6. The summed E-state index contributed by atoms with van der Waals surface area (Å²) in [6.07, 6.45) is 0.311. The van der Waals surface area contributed by atoms with Gasteiger partial charge in [0.05, 0.1) is 31.3 Å². The molecule has 44 heavy (non-hydrogen) atoms. The zero-order valence-corrected chi connectivity index (χ0v) is 26.8. The lowest BCUT2D eigenvalue weighted by atomic mass is 9.96. The van der Waals surface area contributed by atoms with Gasteiger partial charge in [-0.1, -0.05) is 22.9 Å². The van der Waals surface area contributed by atoms with Crippen LogP contribution in [0.5, 0.6) is 23.0 Å². The van der Waals surface area contributed by atoms with E-state index >= 15 is 0 Å². The van der Waals surface area contributed by atoms with E-state index in [-0.39, 0.29) is 52.0 Å². The Balaban J connectivity index is 1.57. The number of fused-ring (bicyclic) bond motifs is 1. The van der Waals surface area contributed by atoms with E-state index in [2.05, 4.69) is 0 Å². The predicted octanol–water partition coefficient (Wildman–Crippen LogP) is 6.42. The highest BCUT2D eigenvalue weighted by molar-refractivity contribution is 8.23. The Morgan fingerprint density at radius 1 is 0.773 bits per heavy atom. The van der Waals surface area contributed by atoms with Crippen LogP contribution in [0.4, 0.5) is 0 Å². The van der Waals surface area contributed by atoms with Gasteiger partial charge in [-0.05, 0) is 75.9 Å². The molecule has 1 aliphatic rings. The second-order valence-electron chi connectivity index (χ2n) is 10.5. The number of carboxylic acid groups (broad SMARTS) is 1. The van der Waals surface area contributed by atoms with Crippen LogP contribution in [0, 0.1) is 41.5 Å². The lowest BCUT2D eigenvalue weighted by molar-refractivity contribution is 0.0691. The zero-order valence-electron chi connectivity index (χ0n) is 26.0. The fourth-order valence-corrected chi connectivity index (χ4v) is 7.25. The minimum absolute atomic E-state index is 0.00737. The molecule has 0 unspecified atom stereocenters. The largest absolute Gasteiger partial charge is 0.495 e. The van der Waals surface area contributed by atoms with Crippen LogP contribution in [0.25, 0.3) is 0 Å². The van der Waals surface area contributed by atoms with Gasteiger partial charge in [0.15, 0.2) is 0 Å². The molecule has 1 heterocycles. The first-order valence-electron chi connectivity index (χ1n) is 13.8. The van der Waals surface area contributed by atoms with E-state index in [1.54, 1.807) is 65.8 Å². The summed E-state index contributed by atoms with van der Waals surface area (Å²) < 4.78 is 45.5. The van der Waals surface area contributed by atoms with Crippen molar-refractivity contribution in [1.82, 2.24) is 4.31 Å². The van der Waals surface area contributed by atoms with Crippen LogP contribution in [0.2, 0.25) is 0 Å². The smallest absolute Gasteiger partial charge is 0.347 e. The number of aromatic carboxylic acids is 1. The minimum Gasteiger partial charge on any atom is -0.495 e. The highest BCUT2D eigenvalue weighted by atomic mass is 32.3. The lowest BCUT2D eigenvalue weighted by Crippen LogP contribution is -2.29. The average Bonchev–Trinajstić information content (AvgIpc) is 3.18. The van der Waals surface area contributed by atoms with Crippen molar-refractivity contribution in [3.8, 4) is 23.0 Å². The molecule has 0 atom stereocenters. The normalized spacial score (nSPS) is 14.2. The molecule has 4 rings (SSSR count). The Hall–Kier alpha value is -4.26. The third-order valence-corrected chi connectivity index (χ3v) is 10.0. The van der Waals surface area contributed by atoms with E-state index < -0.39 is 28.6 Å². The van der Waals surface area contributed by atoms with Crippen molar-refractivity contribution < 1.29 is 47.5 Å². The second-order valence-corrected chi connectivity index (χ2v) is 12.5. The highest BCUT2D eigenvalue weighted by Crippen LogP contribution is 2.58. The van der Waals surface area contributed by atoms with E-state index in [1.165, 1.54) is 14.2 Å². The monoisotopic (exact) mass is 627 g/mol. The molecule has 0 aromatic heterocycles.